The Labute approximate surface area is 133 Å². The fourth-order valence-electron chi connectivity index (χ4n) is 1.71. The molecule has 23 heavy (non-hydrogen) atoms. The van der Waals surface area contributed by atoms with Gasteiger partial charge in [0.25, 0.3) is 0 Å². The Hall–Kier alpha value is -3.39. The lowest BCUT2D eigenvalue weighted by Gasteiger charge is -2.16. The Morgan fingerprint density at radius 2 is 0.913 bits per heavy atom. The molecule has 7 N–H and O–H groups in total. The fourth-order valence-corrected chi connectivity index (χ4v) is 1.71. The first kappa shape index (κ1) is 16.0. The van der Waals surface area contributed by atoms with E-state index < -0.39 is 0 Å². The lowest BCUT2D eigenvalue weighted by atomic mass is 10.2. The van der Waals surface area contributed by atoms with Gasteiger partial charge in [0.15, 0.2) is 0 Å². The number of nitrogens with zero attached hydrogens (tertiary/aromatic N) is 4. The van der Waals surface area contributed by atoms with E-state index in [4.69, 9.17) is 17.2 Å². The maximum absolute atomic E-state index is 9.83. The molecule has 8 heteroatoms. The molecule has 3 rings (SSSR count). The van der Waals surface area contributed by atoms with Crippen molar-refractivity contribution < 1.29 is 5.21 Å². The van der Waals surface area contributed by atoms with E-state index in [2.05, 4.69) is 15.0 Å². The van der Waals surface area contributed by atoms with Crippen molar-refractivity contribution in [3.05, 3.63) is 60.7 Å². The third kappa shape index (κ3) is 4.83. The summed E-state index contributed by atoms with van der Waals surface area (Å²) in [5.74, 6) is 0.125. The molecule has 0 amide bonds. The molecule has 0 saturated carbocycles. The molecule has 1 aromatic heterocycles. The van der Waals surface area contributed by atoms with Crippen molar-refractivity contribution in [1.29, 1.82) is 0 Å². The van der Waals surface area contributed by atoms with Gasteiger partial charge < -0.3 is 17.2 Å². The molecule has 0 aliphatic rings. The second-order valence-electron chi connectivity index (χ2n) is 4.39. The zero-order valence-corrected chi connectivity index (χ0v) is 12.2. The molecule has 0 aliphatic heterocycles. The van der Waals surface area contributed by atoms with Crippen LogP contribution in [0.1, 0.15) is 0 Å². The zero-order chi connectivity index (χ0) is 16.7. The minimum atomic E-state index is 0.0417. The van der Waals surface area contributed by atoms with Gasteiger partial charge in [-0.15, -0.1) is 0 Å². The molecule has 0 atom stereocenters. The van der Waals surface area contributed by atoms with Crippen molar-refractivity contribution in [3.8, 4) is 0 Å². The second-order valence-corrected chi connectivity index (χ2v) is 4.39. The quantitative estimate of drug-likeness (QED) is 0.525. The zero-order valence-electron chi connectivity index (χ0n) is 12.2. The van der Waals surface area contributed by atoms with E-state index in [1.54, 1.807) is 0 Å². The predicted octanol–water partition coefficient (Wildman–Crippen LogP) is 1.83. The predicted molar refractivity (Wildman–Crippen MR) is 89.9 cm³/mol. The average Bonchev–Trinajstić information content (AvgIpc) is 2.55. The monoisotopic (exact) mass is 311 g/mol. The van der Waals surface area contributed by atoms with Crippen molar-refractivity contribution in [2.24, 2.45) is 0 Å². The van der Waals surface area contributed by atoms with Gasteiger partial charge in [0.2, 0.25) is 17.8 Å². The van der Waals surface area contributed by atoms with Crippen molar-refractivity contribution >= 4 is 29.2 Å². The highest BCUT2D eigenvalue weighted by atomic mass is 16.5. The highest BCUT2D eigenvalue weighted by molar-refractivity contribution is 5.59. The largest absolute Gasteiger partial charge is 0.368 e. The highest BCUT2D eigenvalue weighted by Gasteiger charge is 2.02. The van der Waals surface area contributed by atoms with E-state index in [1.807, 2.05) is 60.7 Å². The van der Waals surface area contributed by atoms with E-state index in [0.717, 1.165) is 11.4 Å². The van der Waals surface area contributed by atoms with Gasteiger partial charge in [0.1, 0.15) is 0 Å². The van der Waals surface area contributed by atoms with E-state index >= 15 is 0 Å². The Morgan fingerprint density at radius 3 is 1.22 bits per heavy atom. The lowest BCUT2D eigenvalue weighted by molar-refractivity contribution is 0.301. The molecule has 0 spiro atoms. The average molecular weight is 311 g/mol. The summed E-state index contributed by atoms with van der Waals surface area (Å²) in [6, 6.07) is 18.8. The third-order valence-electron chi connectivity index (χ3n) is 2.69. The van der Waals surface area contributed by atoms with Crippen LogP contribution >= 0.6 is 0 Å². The molecule has 2 aromatic carbocycles. The normalized spacial score (nSPS) is 9.61. The summed E-state index contributed by atoms with van der Waals surface area (Å²) in [6.45, 7) is 0. The van der Waals surface area contributed by atoms with Crippen LogP contribution in [0.5, 0.6) is 0 Å². The van der Waals surface area contributed by atoms with E-state index in [0.29, 0.717) is 0 Å². The number of hydrogen-bond donors (Lipinski definition) is 4. The summed E-state index contributed by atoms with van der Waals surface area (Å²) in [5, 5.41) is 11.0. The second kappa shape index (κ2) is 7.57. The smallest absolute Gasteiger partial charge is 0.226 e. The molecule has 3 aromatic rings. The van der Waals surface area contributed by atoms with Gasteiger partial charge in [0.05, 0.1) is 11.4 Å². The Balaban J connectivity index is 0.000000185. The molecular formula is C15H17N7O. The van der Waals surface area contributed by atoms with Gasteiger partial charge in [-0.05, 0) is 24.3 Å². The number of benzene rings is 2. The van der Waals surface area contributed by atoms with Gasteiger partial charge >= 0.3 is 0 Å². The van der Waals surface area contributed by atoms with Gasteiger partial charge in [-0.1, -0.05) is 36.4 Å². The number of nitrogens with two attached hydrogens (primary N) is 3. The summed E-state index contributed by atoms with van der Waals surface area (Å²) in [4.78, 5) is 10.5. The molecule has 0 fully saturated rings. The van der Waals surface area contributed by atoms with Crippen molar-refractivity contribution in [3.63, 3.8) is 0 Å². The molecular weight excluding hydrogens is 294 g/mol. The van der Waals surface area contributed by atoms with E-state index in [1.165, 1.54) is 5.06 Å². The van der Waals surface area contributed by atoms with Crippen LogP contribution in [0.2, 0.25) is 0 Å². The molecule has 0 aliphatic carbocycles. The van der Waals surface area contributed by atoms with Gasteiger partial charge in [-0.2, -0.15) is 15.0 Å². The molecule has 118 valence electrons. The number of para-hydroxylation sites is 2. The summed E-state index contributed by atoms with van der Waals surface area (Å²) in [7, 11) is 0. The number of hydrogen-bond acceptors (Lipinski definition) is 8. The minimum Gasteiger partial charge on any atom is -0.368 e. The van der Waals surface area contributed by atoms with Crippen LogP contribution in [0.4, 0.5) is 29.2 Å². The third-order valence-corrected chi connectivity index (χ3v) is 2.69. The van der Waals surface area contributed by atoms with Crippen LogP contribution in [0.25, 0.3) is 0 Å². The summed E-state index contributed by atoms with van der Waals surface area (Å²) in [5.41, 5.74) is 16.9. The van der Waals surface area contributed by atoms with Crippen LogP contribution in [0.15, 0.2) is 60.7 Å². The van der Waals surface area contributed by atoms with Gasteiger partial charge in [-0.3, -0.25) is 5.21 Å². The topological polar surface area (TPSA) is 140 Å². The molecule has 1 heterocycles. The number of rotatable bonds is 2. The van der Waals surface area contributed by atoms with Gasteiger partial charge in [0, 0.05) is 0 Å². The number of nitrogen functional groups attached to an aromatic ring is 3. The van der Waals surface area contributed by atoms with Crippen LogP contribution < -0.4 is 22.3 Å². The van der Waals surface area contributed by atoms with E-state index in [9.17, 15) is 5.21 Å². The van der Waals surface area contributed by atoms with Crippen LogP contribution in [0.3, 0.4) is 0 Å². The van der Waals surface area contributed by atoms with Crippen LogP contribution in [-0.4, -0.2) is 20.2 Å². The molecule has 0 unspecified atom stereocenters. The highest BCUT2D eigenvalue weighted by Crippen LogP contribution is 2.21. The Kier molecular flexibility index (Phi) is 5.26. The lowest BCUT2D eigenvalue weighted by Crippen LogP contribution is -2.09. The summed E-state index contributed by atoms with van der Waals surface area (Å²) >= 11 is 0. The summed E-state index contributed by atoms with van der Waals surface area (Å²) < 4.78 is 0. The SMILES string of the molecule is Nc1nc(N)nc(N)n1.ON(c1ccccc1)c1ccccc1. The van der Waals surface area contributed by atoms with E-state index in [-0.39, 0.29) is 17.8 Å². The first-order valence-corrected chi connectivity index (χ1v) is 6.68. The Bertz CT molecular complexity index is 647. The molecule has 8 nitrogen and oxygen atoms in total. The van der Waals surface area contributed by atoms with Crippen molar-refractivity contribution in [2.75, 3.05) is 22.3 Å². The first-order valence-electron chi connectivity index (χ1n) is 6.68. The standard InChI is InChI=1S/C12H11NO.C3H6N6/c14-13(11-7-3-1-4-8-11)12-9-5-2-6-10-12;4-1-7-2(5)9-3(6)8-1/h1-10,14H;(H6,4,5,6,7,8,9). The number of aromatic nitrogens is 3. The molecule has 0 radical (unpaired) electrons. The summed E-state index contributed by atoms with van der Waals surface area (Å²) in [6.07, 6.45) is 0. The number of anilines is 5. The fraction of sp³-hybridized carbons (Fsp3) is 0. The minimum absolute atomic E-state index is 0.0417. The van der Waals surface area contributed by atoms with Gasteiger partial charge in [-0.25, -0.2) is 5.06 Å². The molecule has 0 saturated heterocycles. The van der Waals surface area contributed by atoms with Crippen LogP contribution in [-0.2, 0) is 0 Å². The maximum atomic E-state index is 9.83. The molecule has 0 bridgehead atoms. The van der Waals surface area contributed by atoms with Crippen molar-refractivity contribution in [1.82, 2.24) is 15.0 Å². The maximum Gasteiger partial charge on any atom is 0.226 e. The van der Waals surface area contributed by atoms with Crippen molar-refractivity contribution in [2.45, 2.75) is 0 Å². The Morgan fingerprint density at radius 1 is 0.609 bits per heavy atom. The first-order chi connectivity index (χ1) is 11.1. The van der Waals surface area contributed by atoms with Crippen LogP contribution in [0, 0.1) is 0 Å².